The Labute approximate surface area is 148 Å². The third kappa shape index (κ3) is 3.32. The maximum Gasteiger partial charge on any atom is 0.310 e. The van der Waals surface area contributed by atoms with Gasteiger partial charge in [-0.3, -0.25) is 25.0 Å². The van der Waals surface area contributed by atoms with E-state index in [2.05, 4.69) is 0 Å². The van der Waals surface area contributed by atoms with E-state index in [0.29, 0.717) is 24.2 Å². The molecule has 0 atom stereocenters. The Morgan fingerprint density at radius 1 is 1.15 bits per heavy atom. The lowest BCUT2D eigenvalue weighted by molar-refractivity contribution is -0.385. The molecule has 0 N–H and O–H groups in total. The minimum absolute atomic E-state index is 0.0234. The molecule has 9 nitrogen and oxygen atoms in total. The largest absolute Gasteiger partial charge is 0.477 e. The summed E-state index contributed by atoms with van der Waals surface area (Å²) in [6.07, 6.45) is 0.507. The van der Waals surface area contributed by atoms with Gasteiger partial charge >= 0.3 is 5.69 Å². The number of amides is 1. The van der Waals surface area contributed by atoms with Crippen LogP contribution in [0.3, 0.4) is 0 Å². The summed E-state index contributed by atoms with van der Waals surface area (Å²) in [5.74, 6) is -0.333. The fourth-order valence-corrected chi connectivity index (χ4v) is 2.87. The third-order valence-corrected chi connectivity index (χ3v) is 4.13. The van der Waals surface area contributed by atoms with Gasteiger partial charge in [-0.2, -0.15) is 0 Å². The van der Waals surface area contributed by atoms with E-state index < -0.39 is 9.85 Å². The molecule has 134 valence electrons. The number of rotatable bonds is 5. The molecule has 1 heterocycles. The second-order valence-electron chi connectivity index (χ2n) is 5.88. The molecule has 1 aliphatic heterocycles. The first-order valence-electron chi connectivity index (χ1n) is 7.82. The molecule has 2 aromatic carbocycles. The highest BCUT2D eigenvalue weighted by molar-refractivity contribution is 5.96. The van der Waals surface area contributed by atoms with Crippen molar-refractivity contribution in [1.29, 1.82) is 0 Å². The highest BCUT2D eigenvalue weighted by Crippen LogP contribution is 2.32. The molecule has 1 amide bonds. The number of hydrogen-bond donors (Lipinski definition) is 0. The average molecular weight is 357 g/mol. The fraction of sp³-hybridized carbons (Fsp3) is 0.235. The average Bonchev–Trinajstić information content (AvgIpc) is 3.02. The summed E-state index contributed by atoms with van der Waals surface area (Å²) in [5, 5.41) is 21.9. The van der Waals surface area contributed by atoms with E-state index in [0.717, 1.165) is 5.56 Å². The smallest absolute Gasteiger partial charge is 0.310 e. The van der Waals surface area contributed by atoms with E-state index in [9.17, 15) is 25.0 Å². The van der Waals surface area contributed by atoms with Crippen LogP contribution in [0.5, 0.6) is 5.75 Å². The van der Waals surface area contributed by atoms with Crippen molar-refractivity contribution in [3.8, 4) is 5.75 Å². The SMILES string of the molecule is Cc1ccc([N+](=O)[O-])c(OCC(=O)N2CCc3cc([N+](=O)[O-])ccc32)c1. The van der Waals surface area contributed by atoms with Crippen molar-refractivity contribution < 1.29 is 19.4 Å². The Kier molecular flexibility index (Phi) is 4.53. The van der Waals surface area contributed by atoms with E-state index in [4.69, 9.17) is 4.74 Å². The Bertz CT molecular complexity index is 911. The van der Waals surface area contributed by atoms with Gasteiger partial charge < -0.3 is 9.64 Å². The quantitative estimate of drug-likeness (QED) is 0.600. The molecule has 9 heteroatoms. The first-order valence-corrected chi connectivity index (χ1v) is 7.82. The molecule has 0 saturated heterocycles. The van der Waals surface area contributed by atoms with E-state index in [1.807, 2.05) is 0 Å². The minimum atomic E-state index is -0.566. The molecule has 0 unspecified atom stereocenters. The van der Waals surface area contributed by atoms with Gasteiger partial charge in [0.25, 0.3) is 11.6 Å². The maximum absolute atomic E-state index is 12.5. The van der Waals surface area contributed by atoms with Crippen molar-refractivity contribution >= 4 is 23.0 Å². The number of nitro groups is 2. The number of nitrogens with zero attached hydrogens (tertiary/aromatic N) is 3. The summed E-state index contributed by atoms with van der Waals surface area (Å²) in [6.45, 7) is 1.79. The molecule has 0 spiro atoms. The van der Waals surface area contributed by atoms with Crippen LogP contribution in [-0.2, 0) is 11.2 Å². The lowest BCUT2D eigenvalue weighted by Crippen LogP contribution is -2.33. The van der Waals surface area contributed by atoms with E-state index >= 15 is 0 Å². The molecular formula is C17H15N3O6. The number of non-ortho nitro benzene ring substituents is 1. The Morgan fingerprint density at radius 3 is 2.62 bits per heavy atom. The lowest BCUT2D eigenvalue weighted by atomic mass is 10.1. The lowest BCUT2D eigenvalue weighted by Gasteiger charge is -2.17. The maximum atomic E-state index is 12.5. The summed E-state index contributed by atoms with van der Waals surface area (Å²) in [4.78, 5) is 34.8. The zero-order valence-corrected chi connectivity index (χ0v) is 13.9. The molecule has 0 fully saturated rings. The van der Waals surface area contributed by atoms with Crippen LogP contribution >= 0.6 is 0 Å². The topological polar surface area (TPSA) is 116 Å². The molecule has 0 aliphatic carbocycles. The van der Waals surface area contributed by atoms with Crippen molar-refractivity contribution in [3.63, 3.8) is 0 Å². The second kappa shape index (κ2) is 6.79. The van der Waals surface area contributed by atoms with Crippen LogP contribution in [-0.4, -0.2) is 28.9 Å². The number of carbonyl (C=O) groups is 1. The highest BCUT2D eigenvalue weighted by atomic mass is 16.6. The summed E-state index contributed by atoms with van der Waals surface area (Å²) < 4.78 is 5.39. The van der Waals surface area contributed by atoms with Crippen molar-refractivity contribution in [3.05, 3.63) is 67.8 Å². The van der Waals surface area contributed by atoms with Crippen LogP contribution in [0.4, 0.5) is 17.1 Å². The van der Waals surface area contributed by atoms with Gasteiger partial charge in [0.15, 0.2) is 12.4 Å². The predicted octanol–water partition coefficient (Wildman–Crippen LogP) is 2.78. The molecule has 3 rings (SSSR count). The number of hydrogen-bond acceptors (Lipinski definition) is 6. The van der Waals surface area contributed by atoms with Gasteiger partial charge in [0.1, 0.15) is 0 Å². The van der Waals surface area contributed by atoms with Gasteiger partial charge in [0.05, 0.1) is 9.85 Å². The summed E-state index contributed by atoms with van der Waals surface area (Å²) in [7, 11) is 0. The second-order valence-corrected chi connectivity index (χ2v) is 5.88. The zero-order valence-electron chi connectivity index (χ0n) is 13.9. The van der Waals surface area contributed by atoms with E-state index in [1.54, 1.807) is 13.0 Å². The first kappa shape index (κ1) is 17.3. The number of benzene rings is 2. The van der Waals surface area contributed by atoms with Crippen molar-refractivity contribution in [2.75, 3.05) is 18.1 Å². The van der Waals surface area contributed by atoms with E-state index in [-0.39, 0.29) is 29.6 Å². The van der Waals surface area contributed by atoms with Crippen molar-refractivity contribution in [2.24, 2.45) is 0 Å². The monoisotopic (exact) mass is 357 g/mol. The summed E-state index contributed by atoms with van der Waals surface area (Å²) >= 11 is 0. The van der Waals surface area contributed by atoms with Crippen LogP contribution in [0.15, 0.2) is 36.4 Å². The molecule has 1 aliphatic rings. The number of fused-ring (bicyclic) bond motifs is 1. The van der Waals surface area contributed by atoms with Gasteiger partial charge in [-0.1, -0.05) is 6.07 Å². The highest BCUT2D eigenvalue weighted by Gasteiger charge is 2.27. The standard InChI is InChI=1S/C17H15N3O6/c1-11-2-4-15(20(24)25)16(8-11)26-10-17(21)18-7-6-12-9-13(19(22)23)3-5-14(12)18/h2-5,8-9H,6-7,10H2,1H3. The third-order valence-electron chi connectivity index (χ3n) is 4.13. The molecule has 2 aromatic rings. The summed E-state index contributed by atoms with van der Waals surface area (Å²) in [5.41, 5.74) is 1.86. The van der Waals surface area contributed by atoms with Crippen LogP contribution < -0.4 is 9.64 Å². The molecule has 0 aromatic heterocycles. The van der Waals surface area contributed by atoms with Gasteiger partial charge in [0.2, 0.25) is 0 Å². The zero-order chi connectivity index (χ0) is 18.8. The summed E-state index contributed by atoms with van der Waals surface area (Å²) in [6, 6.07) is 8.77. The number of carbonyl (C=O) groups excluding carboxylic acids is 1. The Hall–Kier alpha value is -3.49. The Morgan fingerprint density at radius 2 is 1.92 bits per heavy atom. The number of ether oxygens (including phenoxy) is 1. The molecule has 0 saturated carbocycles. The van der Waals surface area contributed by atoms with Crippen LogP contribution in [0, 0.1) is 27.2 Å². The minimum Gasteiger partial charge on any atom is -0.477 e. The number of nitro benzene ring substituents is 2. The molecule has 0 bridgehead atoms. The molecular weight excluding hydrogens is 342 g/mol. The van der Waals surface area contributed by atoms with Gasteiger partial charge in [-0.15, -0.1) is 0 Å². The molecule has 0 radical (unpaired) electrons. The van der Waals surface area contributed by atoms with Crippen molar-refractivity contribution in [1.82, 2.24) is 0 Å². The number of anilines is 1. The van der Waals surface area contributed by atoms with E-state index in [1.165, 1.54) is 35.2 Å². The fourth-order valence-electron chi connectivity index (χ4n) is 2.87. The van der Waals surface area contributed by atoms with Crippen LogP contribution in [0.25, 0.3) is 0 Å². The predicted molar refractivity (Wildman–Crippen MR) is 92.5 cm³/mol. The first-order chi connectivity index (χ1) is 12.4. The van der Waals surface area contributed by atoms with Crippen LogP contribution in [0.1, 0.15) is 11.1 Å². The van der Waals surface area contributed by atoms with Gasteiger partial charge in [0, 0.05) is 30.4 Å². The Balaban J connectivity index is 1.74. The number of aryl methyl sites for hydroxylation is 1. The van der Waals surface area contributed by atoms with Gasteiger partial charge in [-0.05, 0) is 36.6 Å². The van der Waals surface area contributed by atoms with Gasteiger partial charge in [-0.25, -0.2) is 0 Å². The van der Waals surface area contributed by atoms with Crippen LogP contribution in [0.2, 0.25) is 0 Å². The van der Waals surface area contributed by atoms with Crippen molar-refractivity contribution in [2.45, 2.75) is 13.3 Å². The molecule has 26 heavy (non-hydrogen) atoms. The normalized spacial score (nSPS) is 12.6.